The number of hydrogen-bond acceptors (Lipinski definition) is 6. The second-order valence-corrected chi connectivity index (χ2v) is 7.23. The standard InChI is InChI=1S/C22H23FN4O3/c1-29-18-9-5-8-17(13-18)24-20(28)14-27-11-3-2-10-19(27)22-25-21(26-30-22)15-6-4-7-16(23)12-15/h4-9,12-13,19H,2-3,10-11,14H2,1H3,(H,24,28)/t19-/m1/s1. The first kappa shape index (κ1) is 20.0. The minimum absolute atomic E-state index is 0.125. The molecule has 1 aliphatic heterocycles. The van der Waals surface area contributed by atoms with Crippen molar-refractivity contribution in [2.24, 2.45) is 0 Å². The van der Waals surface area contributed by atoms with Crippen LogP contribution in [-0.2, 0) is 4.79 Å². The summed E-state index contributed by atoms with van der Waals surface area (Å²) >= 11 is 0. The van der Waals surface area contributed by atoms with Gasteiger partial charge in [-0.15, -0.1) is 0 Å². The van der Waals surface area contributed by atoms with E-state index in [9.17, 15) is 9.18 Å². The maximum atomic E-state index is 13.5. The Morgan fingerprint density at radius 1 is 1.27 bits per heavy atom. The second-order valence-electron chi connectivity index (χ2n) is 7.23. The van der Waals surface area contributed by atoms with Crippen LogP contribution in [-0.4, -0.2) is 41.1 Å². The summed E-state index contributed by atoms with van der Waals surface area (Å²) in [7, 11) is 1.59. The molecule has 0 bridgehead atoms. The molecule has 7 nitrogen and oxygen atoms in total. The summed E-state index contributed by atoms with van der Waals surface area (Å²) in [5.41, 5.74) is 1.24. The smallest absolute Gasteiger partial charge is 0.244 e. The number of methoxy groups -OCH3 is 1. The second kappa shape index (κ2) is 9.04. The van der Waals surface area contributed by atoms with Crippen molar-refractivity contribution in [1.82, 2.24) is 15.0 Å². The molecule has 1 saturated heterocycles. The molecule has 30 heavy (non-hydrogen) atoms. The van der Waals surface area contributed by atoms with Crippen LogP contribution in [0.1, 0.15) is 31.2 Å². The predicted octanol–water partition coefficient (Wildman–Crippen LogP) is 4.05. The Hall–Kier alpha value is -3.26. The number of piperidine rings is 1. The lowest BCUT2D eigenvalue weighted by molar-refractivity contribution is -0.118. The first-order chi connectivity index (χ1) is 14.6. The molecule has 1 N–H and O–H groups in total. The largest absolute Gasteiger partial charge is 0.497 e. The van der Waals surface area contributed by atoms with Gasteiger partial charge >= 0.3 is 0 Å². The highest BCUT2D eigenvalue weighted by Crippen LogP contribution is 2.31. The maximum Gasteiger partial charge on any atom is 0.244 e. The summed E-state index contributed by atoms with van der Waals surface area (Å²) in [6.45, 7) is 0.966. The molecule has 3 aromatic rings. The van der Waals surface area contributed by atoms with E-state index in [1.165, 1.54) is 12.1 Å². The van der Waals surface area contributed by atoms with Gasteiger partial charge in [-0.25, -0.2) is 4.39 Å². The van der Waals surface area contributed by atoms with Gasteiger partial charge in [-0.3, -0.25) is 9.69 Å². The molecule has 1 atom stereocenters. The molecule has 0 saturated carbocycles. The molecular weight excluding hydrogens is 387 g/mol. The molecule has 0 radical (unpaired) electrons. The number of rotatable bonds is 6. The number of hydrogen-bond donors (Lipinski definition) is 1. The van der Waals surface area contributed by atoms with Crippen molar-refractivity contribution in [1.29, 1.82) is 0 Å². The maximum absolute atomic E-state index is 13.5. The Morgan fingerprint density at radius 3 is 2.97 bits per heavy atom. The zero-order chi connectivity index (χ0) is 20.9. The van der Waals surface area contributed by atoms with E-state index in [1.807, 2.05) is 23.1 Å². The van der Waals surface area contributed by atoms with Gasteiger partial charge < -0.3 is 14.6 Å². The normalized spacial score (nSPS) is 16.9. The minimum atomic E-state index is -0.354. The Morgan fingerprint density at radius 2 is 2.13 bits per heavy atom. The SMILES string of the molecule is COc1cccc(NC(=O)CN2CCCC[C@@H]2c2nc(-c3cccc(F)c3)no2)c1. The van der Waals surface area contributed by atoms with E-state index < -0.39 is 0 Å². The van der Waals surface area contributed by atoms with Gasteiger partial charge in [-0.1, -0.05) is 29.8 Å². The monoisotopic (exact) mass is 410 g/mol. The van der Waals surface area contributed by atoms with Crippen molar-refractivity contribution in [3.05, 3.63) is 60.2 Å². The molecule has 0 unspecified atom stereocenters. The van der Waals surface area contributed by atoms with Crippen molar-refractivity contribution in [3.8, 4) is 17.1 Å². The van der Waals surface area contributed by atoms with Crippen molar-refractivity contribution in [2.75, 3.05) is 25.5 Å². The lowest BCUT2D eigenvalue weighted by atomic mass is 10.0. The summed E-state index contributed by atoms with van der Waals surface area (Å²) in [6.07, 6.45) is 2.82. The zero-order valence-electron chi connectivity index (χ0n) is 16.7. The van der Waals surface area contributed by atoms with E-state index in [0.717, 1.165) is 25.8 Å². The number of nitrogens with zero attached hydrogens (tertiary/aromatic N) is 3. The summed E-state index contributed by atoms with van der Waals surface area (Å²) in [6, 6.07) is 13.2. The third kappa shape index (κ3) is 4.65. The molecule has 1 aliphatic rings. The molecular formula is C22H23FN4O3. The van der Waals surface area contributed by atoms with E-state index in [2.05, 4.69) is 15.5 Å². The van der Waals surface area contributed by atoms with Gasteiger partial charge in [0.25, 0.3) is 0 Å². The number of ether oxygens (including phenoxy) is 1. The molecule has 4 rings (SSSR count). The van der Waals surface area contributed by atoms with Crippen LogP contribution in [0.4, 0.5) is 10.1 Å². The number of carbonyl (C=O) groups excluding carboxylic acids is 1. The number of benzene rings is 2. The fourth-order valence-corrected chi connectivity index (χ4v) is 3.66. The fourth-order valence-electron chi connectivity index (χ4n) is 3.66. The molecule has 1 aromatic heterocycles. The van der Waals surface area contributed by atoms with E-state index >= 15 is 0 Å². The molecule has 2 heterocycles. The van der Waals surface area contributed by atoms with E-state index in [4.69, 9.17) is 9.26 Å². The van der Waals surface area contributed by atoms with Crippen LogP contribution in [0.15, 0.2) is 53.1 Å². The Balaban J connectivity index is 1.46. The van der Waals surface area contributed by atoms with Crippen LogP contribution >= 0.6 is 0 Å². The molecule has 1 amide bonds. The Kier molecular flexibility index (Phi) is 6.04. The number of anilines is 1. The predicted molar refractivity (Wildman–Crippen MR) is 109 cm³/mol. The molecule has 8 heteroatoms. The number of halogens is 1. The van der Waals surface area contributed by atoms with Crippen LogP contribution < -0.4 is 10.1 Å². The number of carbonyl (C=O) groups is 1. The lowest BCUT2D eigenvalue weighted by Crippen LogP contribution is -2.39. The van der Waals surface area contributed by atoms with Crippen LogP contribution in [0.2, 0.25) is 0 Å². The average Bonchev–Trinajstić information content (AvgIpc) is 3.24. The average molecular weight is 410 g/mol. The van der Waals surface area contributed by atoms with Gasteiger partial charge in [-0.05, 0) is 43.7 Å². The Labute approximate surface area is 173 Å². The Bertz CT molecular complexity index is 1020. The minimum Gasteiger partial charge on any atom is -0.497 e. The van der Waals surface area contributed by atoms with Gasteiger partial charge in [0.1, 0.15) is 11.6 Å². The van der Waals surface area contributed by atoms with Gasteiger partial charge in [0, 0.05) is 17.3 Å². The molecule has 0 spiro atoms. The van der Waals surface area contributed by atoms with Crippen molar-refractivity contribution in [2.45, 2.75) is 25.3 Å². The highest BCUT2D eigenvalue weighted by Gasteiger charge is 2.30. The van der Waals surface area contributed by atoms with Gasteiger partial charge in [-0.2, -0.15) is 4.98 Å². The van der Waals surface area contributed by atoms with E-state index in [-0.39, 0.29) is 24.3 Å². The molecule has 156 valence electrons. The van der Waals surface area contributed by atoms with Gasteiger partial charge in [0.2, 0.25) is 17.6 Å². The highest BCUT2D eigenvalue weighted by molar-refractivity contribution is 5.92. The third-order valence-corrected chi connectivity index (χ3v) is 5.12. The highest BCUT2D eigenvalue weighted by atomic mass is 19.1. The van der Waals surface area contributed by atoms with Gasteiger partial charge in [0.15, 0.2) is 0 Å². The number of amides is 1. The van der Waals surface area contributed by atoms with Crippen LogP contribution in [0.5, 0.6) is 5.75 Å². The van der Waals surface area contributed by atoms with Crippen molar-refractivity contribution < 1.29 is 18.4 Å². The summed E-state index contributed by atoms with van der Waals surface area (Å²) in [5, 5.41) is 6.91. The van der Waals surface area contributed by atoms with Crippen LogP contribution in [0.25, 0.3) is 11.4 Å². The van der Waals surface area contributed by atoms with Gasteiger partial charge in [0.05, 0.1) is 19.7 Å². The molecule has 0 aliphatic carbocycles. The summed E-state index contributed by atoms with van der Waals surface area (Å²) < 4.78 is 24.2. The third-order valence-electron chi connectivity index (χ3n) is 5.12. The van der Waals surface area contributed by atoms with Crippen molar-refractivity contribution >= 4 is 11.6 Å². The quantitative estimate of drug-likeness (QED) is 0.660. The first-order valence-electron chi connectivity index (χ1n) is 9.90. The molecule has 2 aromatic carbocycles. The van der Waals surface area contributed by atoms with Crippen LogP contribution in [0.3, 0.4) is 0 Å². The fraction of sp³-hybridized carbons (Fsp3) is 0.318. The number of aromatic nitrogens is 2. The van der Waals surface area contributed by atoms with Crippen molar-refractivity contribution in [3.63, 3.8) is 0 Å². The first-order valence-corrected chi connectivity index (χ1v) is 9.90. The van der Waals surface area contributed by atoms with E-state index in [0.29, 0.717) is 28.7 Å². The zero-order valence-corrected chi connectivity index (χ0v) is 16.7. The number of likely N-dealkylation sites (tertiary alicyclic amines) is 1. The summed E-state index contributed by atoms with van der Waals surface area (Å²) in [5.74, 6) is 0.991. The summed E-state index contributed by atoms with van der Waals surface area (Å²) in [4.78, 5) is 19.1. The topological polar surface area (TPSA) is 80.5 Å². The van der Waals surface area contributed by atoms with Crippen LogP contribution in [0, 0.1) is 5.82 Å². The lowest BCUT2D eigenvalue weighted by Gasteiger charge is -2.32. The number of nitrogens with one attached hydrogen (secondary N) is 1. The molecule has 1 fully saturated rings. The van der Waals surface area contributed by atoms with E-state index in [1.54, 1.807) is 25.3 Å².